The van der Waals surface area contributed by atoms with E-state index in [4.69, 9.17) is 0 Å². The molecule has 1 fully saturated rings. The van der Waals surface area contributed by atoms with E-state index < -0.39 is 17.4 Å². The lowest BCUT2D eigenvalue weighted by Gasteiger charge is -2.34. The lowest BCUT2D eigenvalue weighted by Crippen LogP contribution is -2.56. The second kappa shape index (κ2) is 6.14. The van der Waals surface area contributed by atoms with Crippen molar-refractivity contribution in [3.63, 3.8) is 0 Å². The molecule has 1 amide bonds. The van der Waals surface area contributed by atoms with Gasteiger partial charge < -0.3 is 10.4 Å². The molecule has 0 atom stereocenters. The van der Waals surface area contributed by atoms with Gasteiger partial charge in [-0.2, -0.15) is 0 Å². The van der Waals surface area contributed by atoms with E-state index >= 15 is 0 Å². The van der Waals surface area contributed by atoms with Crippen molar-refractivity contribution in [2.75, 3.05) is 0 Å². The number of carbonyl (C=O) groups excluding carboxylic acids is 1. The Hall–Kier alpha value is -2.57. The first-order valence-corrected chi connectivity index (χ1v) is 8.13. The number of para-hydroxylation sites is 2. The lowest BCUT2D eigenvalue weighted by atomic mass is 9.81. The Morgan fingerprint density at radius 2 is 1.79 bits per heavy atom. The number of nitrogens with one attached hydrogen (secondary N) is 1. The molecule has 1 saturated carbocycles. The summed E-state index contributed by atoms with van der Waals surface area (Å²) in [6.45, 7) is -0.185. The van der Waals surface area contributed by atoms with Crippen molar-refractivity contribution in [2.45, 2.75) is 44.2 Å². The number of benzene rings is 1. The molecule has 0 unspecified atom stereocenters. The number of amides is 1. The number of aryl methyl sites for hydroxylation is 1. The maximum absolute atomic E-state index is 12.5. The Kier molecular flexibility index (Phi) is 4.17. The van der Waals surface area contributed by atoms with Crippen molar-refractivity contribution < 1.29 is 14.7 Å². The Bertz CT molecular complexity index is 843. The van der Waals surface area contributed by atoms with E-state index in [1.165, 1.54) is 9.13 Å². The summed E-state index contributed by atoms with van der Waals surface area (Å²) in [4.78, 5) is 36.5. The zero-order valence-electron chi connectivity index (χ0n) is 13.6. The van der Waals surface area contributed by atoms with Crippen LogP contribution in [0.25, 0.3) is 11.0 Å². The van der Waals surface area contributed by atoms with Gasteiger partial charge in [-0.1, -0.05) is 31.4 Å². The molecule has 1 heterocycles. The Morgan fingerprint density at radius 1 is 1.17 bits per heavy atom. The molecule has 0 radical (unpaired) electrons. The molecule has 24 heavy (non-hydrogen) atoms. The maximum Gasteiger partial charge on any atom is 0.329 e. The van der Waals surface area contributed by atoms with Crippen molar-refractivity contribution >= 4 is 22.9 Å². The van der Waals surface area contributed by atoms with E-state index in [-0.39, 0.29) is 12.2 Å². The summed E-state index contributed by atoms with van der Waals surface area (Å²) in [5, 5.41) is 12.2. The largest absolute Gasteiger partial charge is 0.480 e. The molecule has 1 aromatic heterocycles. The highest BCUT2D eigenvalue weighted by molar-refractivity contribution is 5.88. The average molecular weight is 331 g/mol. The van der Waals surface area contributed by atoms with Gasteiger partial charge in [-0.3, -0.25) is 13.9 Å². The van der Waals surface area contributed by atoms with Crippen molar-refractivity contribution in [3.05, 3.63) is 34.7 Å². The minimum atomic E-state index is -1.20. The average Bonchev–Trinajstić information content (AvgIpc) is 2.81. The van der Waals surface area contributed by atoms with Crippen LogP contribution in [0.5, 0.6) is 0 Å². The monoisotopic (exact) mass is 331 g/mol. The number of fused-ring (bicyclic) bond motifs is 1. The summed E-state index contributed by atoms with van der Waals surface area (Å²) in [5.41, 5.74) is -0.0998. The molecule has 7 nitrogen and oxygen atoms in total. The second-order valence-corrected chi connectivity index (χ2v) is 6.41. The molecule has 1 aliphatic rings. The number of hydrogen-bond acceptors (Lipinski definition) is 3. The summed E-state index contributed by atoms with van der Waals surface area (Å²) in [6.07, 6.45) is 3.40. The molecule has 0 bridgehead atoms. The van der Waals surface area contributed by atoms with Crippen LogP contribution in [0.3, 0.4) is 0 Å². The number of hydrogen-bond donors (Lipinski definition) is 2. The van der Waals surface area contributed by atoms with Gasteiger partial charge in [-0.25, -0.2) is 9.59 Å². The third-order valence-corrected chi connectivity index (χ3v) is 4.85. The van der Waals surface area contributed by atoms with Gasteiger partial charge in [0.15, 0.2) is 0 Å². The number of aliphatic carboxylic acids is 1. The van der Waals surface area contributed by atoms with Crippen molar-refractivity contribution in [3.8, 4) is 0 Å². The molecule has 2 N–H and O–H groups in total. The van der Waals surface area contributed by atoms with Crippen LogP contribution < -0.4 is 11.0 Å². The molecule has 3 rings (SSSR count). The van der Waals surface area contributed by atoms with E-state index in [2.05, 4.69) is 5.32 Å². The molecule has 7 heteroatoms. The summed E-state index contributed by atoms with van der Waals surface area (Å²) in [6, 6.07) is 7.21. The number of nitrogens with zero attached hydrogens (tertiary/aromatic N) is 2. The third-order valence-electron chi connectivity index (χ3n) is 4.85. The van der Waals surface area contributed by atoms with Crippen LogP contribution in [0, 0.1) is 0 Å². The zero-order valence-corrected chi connectivity index (χ0v) is 13.6. The number of rotatable bonds is 4. The highest BCUT2D eigenvalue weighted by atomic mass is 16.4. The first kappa shape index (κ1) is 16.3. The molecule has 1 aliphatic carbocycles. The fourth-order valence-corrected chi connectivity index (χ4v) is 3.51. The van der Waals surface area contributed by atoms with Gasteiger partial charge in [0.25, 0.3) is 0 Å². The molecule has 0 aliphatic heterocycles. The van der Waals surface area contributed by atoms with Gasteiger partial charge >= 0.3 is 11.7 Å². The summed E-state index contributed by atoms with van der Waals surface area (Å²) >= 11 is 0. The van der Waals surface area contributed by atoms with E-state index in [9.17, 15) is 19.5 Å². The van der Waals surface area contributed by atoms with Gasteiger partial charge in [0, 0.05) is 7.05 Å². The predicted molar refractivity (Wildman–Crippen MR) is 88.8 cm³/mol. The van der Waals surface area contributed by atoms with Crippen LogP contribution in [0.2, 0.25) is 0 Å². The minimum Gasteiger partial charge on any atom is -0.480 e. The minimum absolute atomic E-state index is 0.185. The lowest BCUT2D eigenvalue weighted by molar-refractivity contribution is -0.149. The molecule has 0 saturated heterocycles. The van der Waals surface area contributed by atoms with Crippen molar-refractivity contribution in [2.24, 2.45) is 7.05 Å². The Balaban J connectivity index is 1.86. The van der Waals surface area contributed by atoms with Crippen LogP contribution in [-0.4, -0.2) is 31.7 Å². The smallest absolute Gasteiger partial charge is 0.329 e. The van der Waals surface area contributed by atoms with Crippen LogP contribution in [-0.2, 0) is 23.2 Å². The number of carboxylic acid groups (broad SMARTS) is 1. The fourth-order valence-electron chi connectivity index (χ4n) is 3.51. The summed E-state index contributed by atoms with van der Waals surface area (Å²) < 4.78 is 2.86. The topological polar surface area (TPSA) is 93.3 Å². The SMILES string of the molecule is Cn1c(=O)n(CC(=O)NC2(C(=O)O)CCCCC2)c2ccccc21. The molecular formula is C17H21N3O4. The standard InChI is InChI=1S/C17H21N3O4/c1-19-12-7-3-4-8-13(12)20(16(19)24)11-14(21)18-17(15(22)23)9-5-2-6-10-17/h3-4,7-8H,2,5-6,9-11H2,1H3,(H,18,21)(H,22,23). The normalized spacial score (nSPS) is 16.9. The fraction of sp³-hybridized carbons (Fsp3) is 0.471. The number of aromatic nitrogens is 2. The molecule has 0 spiro atoms. The molecule has 2 aromatic rings. The zero-order chi connectivity index (χ0) is 17.3. The van der Waals surface area contributed by atoms with Gasteiger partial charge in [-0.15, -0.1) is 0 Å². The van der Waals surface area contributed by atoms with E-state index in [1.807, 2.05) is 12.1 Å². The van der Waals surface area contributed by atoms with Gasteiger partial charge in [0.1, 0.15) is 12.1 Å². The number of carboxylic acids is 1. The molecular weight excluding hydrogens is 310 g/mol. The molecule has 128 valence electrons. The third kappa shape index (κ3) is 2.70. The first-order valence-electron chi connectivity index (χ1n) is 8.13. The predicted octanol–water partition coefficient (Wildman–Crippen LogP) is 1.24. The van der Waals surface area contributed by atoms with Crippen molar-refractivity contribution in [1.82, 2.24) is 14.5 Å². The maximum atomic E-state index is 12.5. The summed E-state index contributed by atoms with van der Waals surface area (Å²) in [7, 11) is 1.65. The van der Waals surface area contributed by atoms with E-state index in [0.717, 1.165) is 24.8 Å². The van der Waals surface area contributed by atoms with E-state index in [1.54, 1.807) is 19.2 Å². The van der Waals surface area contributed by atoms with Gasteiger partial charge in [0.05, 0.1) is 11.0 Å². The number of imidazole rings is 1. The highest BCUT2D eigenvalue weighted by Crippen LogP contribution is 2.28. The van der Waals surface area contributed by atoms with Crippen LogP contribution >= 0.6 is 0 Å². The van der Waals surface area contributed by atoms with Crippen LogP contribution in [0.1, 0.15) is 32.1 Å². The Morgan fingerprint density at radius 3 is 2.42 bits per heavy atom. The van der Waals surface area contributed by atoms with Crippen LogP contribution in [0.4, 0.5) is 0 Å². The van der Waals surface area contributed by atoms with Gasteiger partial charge in [-0.05, 0) is 25.0 Å². The number of carbonyl (C=O) groups is 2. The van der Waals surface area contributed by atoms with E-state index in [0.29, 0.717) is 18.4 Å². The second-order valence-electron chi connectivity index (χ2n) is 6.41. The first-order chi connectivity index (χ1) is 11.4. The molecule has 1 aromatic carbocycles. The van der Waals surface area contributed by atoms with Gasteiger partial charge in [0.2, 0.25) is 5.91 Å². The quantitative estimate of drug-likeness (QED) is 0.881. The van der Waals surface area contributed by atoms with Crippen molar-refractivity contribution in [1.29, 1.82) is 0 Å². The summed E-state index contributed by atoms with van der Waals surface area (Å²) in [5.74, 6) is -1.45. The highest BCUT2D eigenvalue weighted by Gasteiger charge is 2.40. The van der Waals surface area contributed by atoms with Crippen LogP contribution in [0.15, 0.2) is 29.1 Å². The Labute approximate surface area is 138 Å².